The molecule has 334 valence electrons. The zero-order valence-corrected chi connectivity index (χ0v) is 42.4. The monoisotopic (exact) mass is 871 g/mol. The summed E-state index contributed by atoms with van der Waals surface area (Å²) >= 11 is 0. The van der Waals surface area contributed by atoms with Gasteiger partial charge in [-0.25, -0.2) is 0 Å². The lowest BCUT2D eigenvalue weighted by molar-refractivity contribution is 0.00163. The van der Waals surface area contributed by atoms with Crippen LogP contribution in [0.3, 0.4) is 0 Å². The van der Waals surface area contributed by atoms with Gasteiger partial charge in [0.25, 0.3) is 16.6 Å². The van der Waals surface area contributed by atoms with Crippen LogP contribution in [0.4, 0.5) is 0 Å². The number of ether oxygens (including phenoxy) is 2. The third-order valence-corrected chi connectivity index (χ3v) is 26.4. The van der Waals surface area contributed by atoms with Crippen LogP contribution in [0, 0.1) is 45.3 Å². The highest BCUT2D eigenvalue weighted by Crippen LogP contribution is 2.58. The van der Waals surface area contributed by atoms with E-state index in [4.69, 9.17) is 18.3 Å². The summed E-state index contributed by atoms with van der Waals surface area (Å²) in [6.45, 7) is 32.5. The maximum absolute atomic E-state index is 7.51. The fraction of sp³-hybridized carbons (Fsp3) is 0.536. The Bertz CT molecular complexity index is 1850. The van der Waals surface area contributed by atoms with E-state index in [1.807, 2.05) is 0 Å². The Kier molecular flexibility index (Phi) is 14.8. The Morgan fingerprint density at radius 2 is 0.742 bits per heavy atom. The lowest BCUT2D eigenvalue weighted by Crippen LogP contribution is -2.67. The Balaban J connectivity index is 1.01. The summed E-state index contributed by atoms with van der Waals surface area (Å²) in [6.07, 6.45) is 4.49. The molecule has 4 atom stereocenters. The van der Waals surface area contributed by atoms with Gasteiger partial charge in [0.2, 0.25) is 0 Å². The van der Waals surface area contributed by atoms with E-state index < -0.39 is 16.6 Å². The van der Waals surface area contributed by atoms with Crippen molar-refractivity contribution in [1.29, 1.82) is 0 Å². The molecule has 2 fully saturated rings. The van der Waals surface area contributed by atoms with Crippen molar-refractivity contribution in [2.75, 3.05) is 39.6 Å². The van der Waals surface area contributed by atoms with Crippen molar-refractivity contribution in [3.63, 3.8) is 0 Å². The van der Waals surface area contributed by atoms with Crippen LogP contribution in [-0.4, -0.2) is 56.3 Å². The summed E-state index contributed by atoms with van der Waals surface area (Å²) in [7, 11) is -5.25. The summed E-state index contributed by atoms with van der Waals surface area (Å²) in [5.74, 6) is 7.41. The maximum atomic E-state index is 7.51. The Morgan fingerprint density at radius 3 is 1.00 bits per heavy atom. The molecule has 4 nitrogen and oxygen atoms in total. The van der Waals surface area contributed by atoms with Gasteiger partial charge in [-0.3, -0.25) is 0 Å². The second-order valence-corrected chi connectivity index (χ2v) is 30.9. The molecule has 4 aromatic carbocycles. The quantitative estimate of drug-likeness (QED) is 0.0639. The summed E-state index contributed by atoms with van der Waals surface area (Å²) in [6, 6.07) is 44.1. The molecule has 0 heterocycles. The van der Waals surface area contributed by atoms with Crippen LogP contribution in [0.2, 0.25) is 10.1 Å². The Hall–Kier alpha value is -3.29. The highest BCUT2D eigenvalue weighted by Gasteiger charge is 2.57. The van der Waals surface area contributed by atoms with Crippen molar-refractivity contribution in [2.45, 2.75) is 119 Å². The molecule has 4 aromatic rings. The predicted molar refractivity (Wildman–Crippen MR) is 266 cm³/mol. The fourth-order valence-corrected chi connectivity index (χ4v) is 20.5. The van der Waals surface area contributed by atoms with Gasteiger partial charge < -0.3 is 18.3 Å². The van der Waals surface area contributed by atoms with Gasteiger partial charge in [-0.2, -0.15) is 0 Å². The zero-order valence-electron chi connectivity index (χ0n) is 40.4. The zero-order chi connectivity index (χ0) is 44.9. The van der Waals surface area contributed by atoms with E-state index in [2.05, 4.69) is 216 Å². The van der Waals surface area contributed by atoms with Gasteiger partial charge in [0.05, 0.1) is 13.2 Å². The van der Waals surface area contributed by atoms with E-state index in [-0.39, 0.29) is 31.7 Å². The van der Waals surface area contributed by atoms with Gasteiger partial charge in [0, 0.05) is 13.2 Å². The van der Waals surface area contributed by atoms with Crippen LogP contribution in [0.5, 0.6) is 0 Å². The maximum Gasteiger partial charge on any atom is 0.261 e. The molecule has 0 aromatic heterocycles. The van der Waals surface area contributed by atoms with Gasteiger partial charge in [0.15, 0.2) is 0 Å². The number of rotatable bonds is 16. The Morgan fingerprint density at radius 1 is 0.468 bits per heavy atom. The average Bonchev–Trinajstić information content (AvgIpc) is 3.60. The number of hydrogen-bond acceptors (Lipinski definition) is 4. The van der Waals surface area contributed by atoms with Crippen LogP contribution in [0.25, 0.3) is 0 Å². The van der Waals surface area contributed by atoms with Gasteiger partial charge in [-0.15, -0.1) is 0 Å². The third-order valence-electron chi connectivity index (χ3n) is 16.4. The van der Waals surface area contributed by atoms with Crippen LogP contribution in [-0.2, 0) is 18.3 Å². The highest BCUT2D eigenvalue weighted by molar-refractivity contribution is 7.00. The largest absolute Gasteiger partial charge is 0.407 e. The van der Waals surface area contributed by atoms with E-state index in [1.54, 1.807) is 0 Å². The van der Waals surface area contributed by atoms with Crippen molar-refractivity contribution >= 4 is 37.4 Å². The molecule has 0 N–H and O–H groups in total. The molecular weight excluding hydrogens is 793 g/mol. The molecule has 0 radical (unpaired) electrons. The first-order chi connectivity index (χ1) is 29.3. The van der Waals surface area contributed by atoms with E-state index in [0.29, 0.717) is 38.3 Å². The molecule has 6 heteroatoms. The molecule has 0 spiro atoms. The molecule has 2 aliphatic carbocycles. The van der Waals surface area contributed by atoms with E-state index in [9.17, 15) is 0 Å². The molecule has 0 bridgehead atoms. The van der Waals surface area contributed by atoms with Gasteiger partial charge in [-0.1, -0.05) is 216 Å². The summed E-state index contributed by atoms with van der Waals surface area (Å²) in [5.41, 5.74) is 0.126. The van der Waals surface area contributed by atoms with Crippen molar-refractivity contribution in [3.05, 3.63) is 121 Å². The van der Waals surface area contributed by atoms with Crippen LogP contribution in [0.15, 0.2) is 121 Å². The normalized spacial score (nSPS) is 23.8. The molecule has 6 rings (SSSR count). The molecule has 2 aliphatic rings. The minimum Gasteiger partial charge on any atom is -0.407 e. The first-order valence-corrected chi connectivity index (χ1v) is 27.2. The molecule has 0 aliphatic heterocycles. The predicted octanol–water partition coefficient (Wildman–Crippen LogP) is 11.1. The molecule has 2 saturated carbocycles. The van der Waals surface area contributed by atoms with Crippen molar-refractivity contribution in [1.82, 2.24) is 0 Å². The van der Waals surface area contributed by atoms with Crippen LogP contribution in [0.1, 0.15) is 109 Å². The fourth-order valence-electron chi connectivity index (χ4n) is 11.1. The lowest BCUT2D eigenvalue weighted by atomic mass is 9.66. The van der Waals surface area contributed by atoms with Crippen molar-refractivity contribution in [2.24, 2.45) is 33.5 Å². The molecule has 0 unspecified atom stereocenters. The average molecular weight is 871 g/mol. The van der Waals surface area contributed by atoms with Crippen LogP contribution < -0.4 is 20.7 Å². The van der Waals surface area contributed by atoms with Crippen molar-refractivity contribution in [3.8, 4) is 11.8 Å². The standard InChI is InChI=1S/C56H78O4Si2/c1-51(2,3)61(47-27-17-13-18-28-47,48-29-19-14-20-30-48)59-43-55(11)37-35-45(53(55,7)8)41-57-39-25-26-40-58-42-46-36-38-56(12,54(46,9)10)44-60-62(52(4,5)6,49-31-21-15-22-32-49)50-33-23-16-24-34-50/h13-24,27-34,45-46H,35-44H2,1-12H3/t45-,46-,55+,56+/m1/s1. The Labute approximate surface area is 379 Å². The first kappa shape index (κ1) is 48.2. The SMILES string of the molecule is CC1(C)[C@@H](COCC#CCOC[C@H]2CC[C@@](C)(CO[Si](c3ccccc3)(c3ccccc3)C(C)(C)C)C2(C)C)CC[C@@]1(C)CO[Si](c1ccccc1)(c1ccccc1)C(C)(C)C. The summed E-state index contributed by atoms with van der Waals surface area (Å²) in [5, 5.41) is 5.25. The smallest absolute Gasteiger partial charge is 0.261 e. The second-order valence-electron chi connectivity index (χ2n) is 22.3. The number of benzene rings is 4. The topological polar surface area (TPSA) is 36.9 Å². The number of hydrogen-bond donors (Lipinski definition) is 0. The van der Waals surface area contributed by atoms with E-state index in [0.717, 1.165) is 38.9 Å². The summed E-state index contributed by atoms with van der Waals surface area (Å²) in [4.78, 5) is 0. The van der Waals surface area contributed by atoms with Crippen LogP contribution >= 0.6 is 0 Å². The highest BCUT2D eigenvalue weighted by atomic mass is 28.4. The molecule has 0 saturated heterocycles. The third kappa shape index (κ3) is 9.28. The molecule has 0 amide bonds. The van der Waals surface area contributed by atoms with Crippen molar-refractivity contribution < 1.29 is 18.3 Å². The summed E-state index contributed by atoms with van der Waals surface area (Å²) < 4.78 is 27.6. The van der Waals surface area contributed by atoms with Gasteiger partial charge in [0.1, 0.15) is 13.2 Å². The lowest BCUT2D eigenvalue weighted by Gasteiger charge is -2.48. The minimum atomic E-state index is -2.63. The molecule has 62 heavy (non-hydrogen) atoms. The van der Waals surface area contributed by atoms with E-state index >= 15 is 0 Å². The van der Waals surface area contributed by atoms with Gasteiger partial charge >= 0.3 is 0 Å². The first-order valence-electron chi connectivity index (χ1n) is 23.4. The second kappa shape index (κ2) is 19.1. The van der Waals surface area contributed by atoms with E-state index in [1.165, 1.54) is 20.7 Å². The molecular formula is C56H78O4Si2. The van der Waals surface area contributed by atoms with Gasteiger partial charge in [-0.05, 0) is 90.0 Å². The minimum absolute atomic E-state index is 0.0191.